The van der Waals surface area contributed by atoms with Crippen LogP contribution < -0.4 is 14.4 Å². The highest BCUT2D eigenvalue weighted by atomic mass is 32.2. The Labute approximate surface area is 224 Å². The van der Waals surface area contributed by atoms with E-state index in [9.17, 15) is 26.4 Å². The van der Waals surface area contributed by atoms with Gasteiger partial charge in [0.05, 0.1) is 35.4 Å². The molecule has 202 valence electrons. The highest BCUT2D eigenvalue weighted by molar-refractivity contribution is 7.92. The Bertz CT molecular complexity index is 1540. The first-order valence-electron chi connectivity index (χ1n) is 11.8. The standard InChI is InChI=1S/C29H25F3N2O4S/c1-38-24-14-16-25(17-15-24)39(36,37)34(20-21-8-3-2-4-9-21)27-13-6-5-12-26(27)28(35)33-19-22-10-7-11-23(18-22)29(30,31)32/h2-18H,19-20H2,1H3,(H,33,35). The predicted molar refractivity (Wildman–Crippen MR) is 142 cm³/mol. The lowest BCUT2D eigenvalue weighted by molar-refractivity contribution is -0.137. The molecule has 0 saturated heterocycles. The second-order valence-corrected chi connectivity index (χ2v) is 10.4. The molecule has 0 aliphatic rings. The summed E-state index contributed by atoms with van der Waals surface area (Å²) in [6, 6.07) is 25.6. The summed E-state index contributed by atoms with van der Waals surface area (Å²) in [6.45, 7) is -0.242. The van der Waals surface area contributed by atoms with Crippen LogP contribution in [0.4, 0.5) is 18.9 Å². The highest BCUT2D eigenvalue weighted by Crippen LogP contribution is 2.31. The monoisotopic (exact) mass is 554 g/mol. The first-order valence-corrected chi connectivity index (χ1v) is 13.3. The average Bonchev–Trinajstić information content (AvgIpc) is 2.95. The third-order valence-corrected chi connectivity index (χ3v) is 7.72. The van der Waals surface area contributed by atoms with Gasteiger partial charge in [0.2, 0.25) is 0 Å². The lowest BCUT2D eigenvalue weighted by atomic mass is 10.1. The zero-order valence-corrected chi connectivity index (χ0v) is 21.7. The smallest absolute Gasteiger partial charge is 0.416 e. The maximum atomic E-state index is 13.9. The van der Waals surface area contributed by atoms with Crippen molar-refractivity contribution in [2.24, 2.45) is 0 Å². The molecule has 39 heavy (non-hydrogen) atoms. The lowest BCUT2D eigenvalue weighted by Gasteiger charge is -2.27. The Kier molecular flexibility index (Phi) is 8.25. The third kappa shape index (κ3) is 6.58. The number of alkyl halides is 3. The van der Waals surface area contributed by atoms with Gasteiger partial charge in [0.25, 0.3) is 15.9 Å². The van der Waals surface area contributed by atoms with Gasteiger partial charge in [0.15, 0.2) is 0 Å². The Morgan fingerprint density at radius 1 is 0.846 bits per heavy atom. The molecular formula is C29H25F3N2O4S. The molecule has 0 bridgehead atoms. The van der Waals surface area contributed by atoms with E-state index in [0.29, 0.717) is 11.3 Å². The van der Waals surface area contributed by atoms with E-state index in [2.05, 4.69) is 5.32 Å². The number of nitrogens with zero attached hydrogens (tertiary/aromatic N) is 1. The summed E-state index contributed by atoms with van der Waals surface area (Å²) < 4.78 is 73.3. The number of amides is 1. The van der Waals surface area contributed by atoms with E-state index < -0.39 is 27.7 Å². The molecule has 0 heterocycles. The van der Waals surface area contributed by atoms with Crippen molar-refractivity contribution in [1.29, 1.82) is 0 Å². The highest BCUT2D eigenvalue weighted by Gasteiger charge is 2.31. The molecule has 0 aliphatic carbocycles. The van der Waals surface area contributed by atoms with E-state index >= 15 is 0 Å². The molecule has 0 spiro atoms. The SMILES string of the molecule is COc1ccc(S(=O)(=O)N(Cc2ccccc2)c2ccccc2C(=O)NCc2cccc(C(F)(F)F)c2)cc1. The van der Waals surface area contributed by atoms with Gasteiger partial charge in [0, 0.05) is 6.54 Å². The van der Waals surface area contributed by atoms with E-state index in [0.717, 1.165) is 16.4 Å². The van der Waals surface area contributed by atoms with Crippen molar-refractivity contribution in [2.75, 3.05) is 11.4 Å². The Morgan fingerprint density at radius 3 is 2.15 bits per heavy atom. The maximum Gasteiger partial charge on any atom is 0.416 e. The van der Waals surface area contributed by atoms with Crippen LogP contribution in [0.25, 0.3) is 0 Å². The predicted octanol–water partition coefficient (Wildman–Crippen LogP) is 6.04. The number of sulfonamides is 1. The van der Waals surface area contributed by atoms with E-state index in [1.54, 1.807) is 42.5 Å². The normalized spacial score (nSPS) is 11.6. The van der Waals surface area contributed by atoms with Gasteiger partial charge in [-0.2, -0.15) is 13.2 Å². The lowest BCUT2D eigenvalue weighted by Crippen LogP contribution is -2.33. The molecule has 4 aromatic carbocycles. The topological polar surface area (TPSA) is 75.7 Å². The molecule has 10 heteroatoms. The van der Waals surface area contributed by atoms with Crippen LogP contribution in [0.15, 0.2) is 108 Å². The number of methoxy groups -OCH3 is 1. The van der Waals surface area contributed by atoms with Crippen LogP contribution in [0.5, 0.6) is 5.75 Å². The molecule has 0 radical (unpaired) electrons. The van der Waals surface area contributed by atoms with Gasteiger partial charge in [-0.25, -0.2) is 8.42 Å². The van der Waals surface area contributed by atoms with Crippen LogP contribution >= 0.6 is 0 Å². The average molecular weight is 555 g/mol. The number of nitrogens with one attached hydrogen (secondary N) is 1. The summed E-state index contributed by atoms with van der Waals surface area (Å²) in [6.07, 6.45) is -4.51. The minimum Gasteiger partial charge on any atom is -0.497 e. The van der Waals surface area contributed by atoms with E-state index in [4.69, 9.17) is 4.74 Å². The molecule has 4 rings (SSSR count). The van der Waals surface area contributed by atoms with Crippen LogP contribution in [0.1, 0.15) is 27.0 Å². The van der Waals surface area contributed by atoms with Crippen molar-refractivity contribution < 1.29 is 31.1 Å². The fraction of sp³-hybridized carbons (Fsp3) is 0.138. The quantitative estimate of drug-likeness (QED) is 0.274. The van der Waals surface area contributed by atoms with Crippen molar-refractivity contribution in [3.05, 3.63) is 125 Å². The number of hydrogen-bond acceptors (Lipinski definition) is 4. The van der Waals surface area contributed by atoms with Gasteiger partial charge in [-0.15, -0.1) is 0 Å². The summed E-state index contributed by atoms with van der Waals surface area (Å²) in [5.41, 5.74) is 0.293. The molecule has 4 aromatic rings. The maximum absolute atomic E-state index is 13.9. The summed E-state index contributed by atoms with van der Waals surface area (Å²) in [7, 11) is -2.68. The number of ether oxygens (including phenoxy) is 1. The molecule has 1 N–H and O–H groups in total. The molecule has 0 atom stereocenters. The van der Waals surface area contributed by atoms with Gasteiger partial charge in [-0.1, -0.05) is 54.6 Å². The van der Waals surface area contributed by atoms with Gasteiger partial charge in [-0.05, 0) is 59.7 Å². The molecule has 0 fully saturated rings. The Morgan fingerprint density at radius 2 is 1.49 bits per heavy atom. The third-order valence-electron chi connectivity index (χ3n) is 5.94. The van der Waals surface area contributed by atoms with Gasteiger partial charge in [0.1, 0.15) is 5.75 Å². The molecule has 0 saturated carbocycles. The van der Waals surface area contributed by atoms with Crippen molar-refractivity contribution in [3.63, 3.8) is 0 Å². The number of para-hydroxylation sites is 1. The van der Waals surface area contributed by atoms with E-state index in [1.165, 1.54) is 55.6 Å². The van der Waals surface area contributed by atoms with Crippen molar-refractivity contribution in [2.45, 2.75) is 24.2 Å². The van der Waals surface area contributed by atoms with Crippen molar-refractivity contribution in [3.8, 4) is 5.75 Å². The van der Waals surface area contributed by atoms with Crippen LogP contribution in [0.3, 0.4) is 0 Å². The van der Waals surface area contributed by atoms with Gasteiger partial charge in [-0.3, -0.25) is 9.10 Å². The second-order valence-electron chi connectivity index (χ2n) is 8.57. The molecule has 6 nitrogen and oxygen atoms in total. The van der Waals surface area contributed by atoms with Crippen LogP contribution in [0, 0.1) is 0 Å². The van der Waals surface area contributed by atoms with Crippen LogP contribution in [-0.2, 0) is 29.3 Å². The minimum absolute atomic E-state index is 0.00147. The fourth-order valence-corrected chi connectivity index (χ4v) is 5.41. The summed E-state index contributed by atoms with van der Waals surface area (Å²) in [5, 5.41) is 2.62. The van der Waals surface area contributed by atoms with Crippen LogP contribution in [-0.4, -0.2) is 21.4 Å². The summed E-state index contributed by atoms with van der Waals surface area (Å²) >= 11 is 0. The number of carbonyl (C=O) groups excluding carboxylic acids is 1. The largest absolute Gasteiger partial charge is 0.497 e. The number of benzene rings is 4. The zero-order valence-electron chi connectivity index (χ0n) is 20.9. The van der Waals surface area contributed by atoms with Gasteiger partial charge >= 0.3 is 6.18 Å². The van der Waals surface area contributed by atoms with E-state index in [-0.39, 0.29) is 34.8 Å². The number of carbonyl (C=O) groups is 1. The van der Waals surface area contributed by atoms with Crippen LogP contribution in [0.2, 0.25) is 0 Å². The van der Waals surface area contributed by atoms with E-state index in [1.807, 2.05) is 0 Å². The number of hydrogen-bond donors (Lipinski definition) is 1. The molecular weight excluding hydrogens is 529 g/mol. The Hall–Kier alpha value is -4.31. The fourth-order valence-electron chi connectivity index (χ4n) is 3.94. The van der Waals surface area contributed by atoms with Crippen molar-refractivity contribution >= 4 is 21.6 Å². The molecule has 0 unspecified atom stereocenters. The molecule has 0 aromatic heterocycles. The first-order chi connectivity index (χ1) is 18.6. The molecule has 0 aliphatic heterocycles. The molecule has 1 amide bonds. The van der Waals surface area contributed by atoms with Gasteiger partial charge < -0.3 is 10.1 Å². The van der Waals surface area contributed by atoms with Crippen molar-refractivity contribution in [1.82, 2.24) is 5.32 Å². The zero-order chi connectivity index (χ0) is 28.0. The minimum atomic E-state index is -4.51. The summed E-state index contributed by atoms with van der Waals surface area (Å²) in [4.78, 5) is 13.3. The Balaban J connectivity index is 1.69. The number of anilines is 1. The summed E-state index contributed by atoms with van der Waals surface area (Å²) in [5.74, 6) is -0.149. The first kappa shape index (κ1) is 27.7. The second kappa shape index (κ2) is 11.6. The number of rotatable bonds is 9. The number of halogens is 3.